The summed E-state index contributed by atoms with van der Waals surface area (Å²) in [4.78, 5) is 24.9. The molecule has 0 unspecified atom stereocenters. The predicted octanol–water partition coefficient (Wildman–Crippen LogP) is 3.96. The first-order chi connectivity index (χ1) is 12.7. The summed E-state index contributed by atoms with van der Waals surface area (Å²) < 4.78 is 12.0. The topological polar surface area (TPSA) is 90.1 Å². The number of benzene rings is 1. The molecule has 0 saturated heterocycles. The average Bonchev–Trinajstić information content (AvgIpc) is 3.22. The molecule has 1 N–H and O–H groups in total. The Hall–Kier alpha value is -2.65. The molecule has 3 heterocycles. The number of carbonyl (C=O) groups excluding carboxylic acids is 1. The van der Waals surface area contributed by atoms with E-state index in [0.717, 1.165) is 16.0 Å². The number of carbonyl (C=O) groups is 1. The zero-order valence-corrected chi connectivity index (χ0v) is 15.4. The molecule has 9 heteroatoms. The molecule has 7 nitrogen and oxygen atoms in total. The summed E-state index contributed by atoms with van der Waals surface area (Å²) in [5, 5.41) is 3.78. The van der Waals surface area contributed by atoms with Crippen LogP contribution in [0.4, 0.5) is 5.13 Å². The maximum Gasteiger partial charge on any atom is 0.258 e. The molecule has 3 aromatic heterocycles. The van der Waals surface area contributed by atoms with Crippen LogP contribution >= 0.6 is 23.1 Å². The lowest BCUT2D eigenvalue weighted by Crippen LogP contribution is -2.13. The lowest BCUT2D eigenvalue weighted by molar-refractivity contribution is -0.113. The van der Waals surface area contributed by atoms with Crippen molar-refractivity contribution in [2.75, 3.05) is 17.7 Å². The first-order valence-corrected chi connectivity index (χ1v) is 9.69. The summed E-state index contributed by atoms with van der Waals surface area (Å²) in [5.41, 5.74) is 1.96. The van der Waals surface area contributed by atoms with Gasteiger partial charge < -0.3 is 14.5 Å². The van der Waals surface area contributed by atoms with Gasteiger partial charge in [0.05, 0.1) is 22.6 Å². The Morgan fingerprint density at radius 2 is 2.27 bits per heavy atom. The van der Waals surface area contributed by atoms with Gasteiger partial charge in [-0.1, -0.05) is 23.1 Å². The fourth-order valence-electron chi connectivity index (χ4n) is 2.31. The number of nitrogens with zero attached hydrogens (tertiary/aromatic N) is 3. The number of rotatable bonds is 6. The van der Waals surface area contributed by atoms with Gasteiger partial charge in [-0.15, -0.1) is 0 Å². The molecule has 4 aromatic rings. The van der Waals surface area contributed by atoms with Gasteiger partial charge in [0, 0.05) is 6.20 Å². The molecule has 4 rings (SSSR count). The van der Waals surface area contributed by atoms with Crippen LogP contribution in [0.2, 0.25) is 0 Å². The molecule has 0 aliphatic rings. The van der Waals surface area contributed by atoms with Crippen molar-refractivity contribution in [1.82, 2.24) is 15.0 Å². The van der Waals surface area contributed by atoms with Crippen molar-refractivity contribution in [2.24, 2.45) is 0 Å². The summed E-state index contributed by atoms with van der Waals surface area (Å²) in [6.07, 6.45) is 1.65. The quantitative estimate of drug-likeness (QED) is 0.502. The second-order valence-corrected chi connectivity index (χ2v) is 7.18. The van der Waals surface area contributed by atoms with Gasteiger partial charge in [-0.05, 0) is 37.3 Å². The third-order valence-corrected chi connectivity index (χ3v) is 5.15. The Labute approximate surface area is 156 Å². The van der Waals surface area contributed by atoms with Gasteiger partial charge in [-0.3, -0.25) is 4.79 Å². The molecular weight excluding hydrogens is 372 g/mol. The molecule has 26 heavy (non-hydrogen) atoms. The van der Waals surface area contributed by atoms with Gasteiger partial charge >= 0.3 is 0 Å². The first kappa shape index (κ1) is 16.8. The van der Waals surface area contributed by atoms with Crippen LogP contribution in [0.3, 0.4) is 0 Å². The van der Waals surface area contributed by atoms with Crippen LogP contribution in [0.5, 0.6) is 5.75 Å². The summed E-state index contributed by atoms with van der Waals surface area (Å²) in [5.74, 6) is 0.795. The molecule has 1 amide bonds. The molecule has 0 spiro atoms. The van der Waals surface area contributed by atoms with E-state index in [0.29, 0.717) is 28.2 Å². The number of oxazole rings is 1. The minimum absolute atomic E-state index is 0.172. The van der Waals surface area contributed by atoms with Crippen molar-refractivity contribution in [1.29, 1.82) is 0 Å². The molecule has 0 fully saturated rings. The van der Waals surface area contributed by atoms with E-state index in [9.17, 15) is 4.79 Å². The number of aromatic nitrogens is 3. The molecular formula is C17H14N4O3S2. The highest BCUT2D eigenvalue weighted by Gasteiger charge is 2.12. The Kier molecular flexibility index (Phi) is 4.72. The summed E-state index contributed by atoms with van der Waals surface area (Å²) in [6, 6.07) is 9.24. The van der Waals surface area contributed by atoms with Crippen LogP contribution < -0.4 is 10.1 Å². The lowest BCUT2D eigenvalue weighted by Gasteiger charge is -2.00. The first-order valence-electron chi connectivity index (χ1n) is 7.89. The van der Waals surface area contributed by atoms with Crippen molar-refractivity contribution < 1.29 is 13.9 Å². The van der Waals surface area contributed by atoms with Crippen LogP contribution in [0.15, 0.2) is 46.2 Å². The minimum Gasteiger partial charge on any atom is -0.494 e. The van der Waals surface area contributed by atoms with E-state index < -0.39 is 0 Å². The van der Waals surface area contributed by atoms with E-state index in [1.54, 1.807) is 18.3 Å². The van der Waals surface area contributed by atoms with Crippen LogP contribution in [0, 0.1) is 0 Å². The van der Waals surface area contributed by atoms with E-state index >= 15 is 0 Å². The van der Waals surface area contributed by atoms with E-state index in [-0.39, 0.29) is 11.7 Å². The van der Waals surface area contributed by atoms with Crippen LogP contribution in [0.1, 0.15) is 6.92 Å². The normalized spacial score (nSPS) is 11.1. The van der Waals surface area contributed by atoms with Crippen molar-refractivity contribution in [3.63, 3.8) is 0 Å². The fraction of sp³-hybridized carbons (Fsp3) is 0.176. The summed E-state index contributed by atoms with van der Waals surface area (Å²) in [7, 11) is 0. The lowest BCUT2D eigenvalue weighted by atomic mass is 10.3. The van der Waals surface area contributed by atoms with E-state index in [2.05, 4.69) is 20.3 Å². The van der Waals surface area contributed by atoms with Gasteiger partial charge in [0.15, 0.2) is 16.4 Å². The smallest absolute Gasteiger partial charge is 0.258 e. The minimum atomic E-state index is -0.172. The van der Waals surface area contributed by atoms with Gasteiger partial charge in [0.2, 0.25) is 5.91 Å². The number of pyridine rings is 1. The van der Waals surface area contributed by atoms with Crippen molar-refractivity contribution in [3.05, 3.63) is 36.5 Å². The van der Waals surface area contributed by atoms with Gasteiger partial charge in [0.1, 0.15) is 5.75 Å². The number of hydrogen-bond acceptors (Lipinski definition) is 8. The highest BCUT2D eigenvalue weighted by Crippen LogP contribution is 2.29. The standard InChI is InChI=1S/C17H14N4O3S2/c1-2-23-10-5-6-11-13(8-10)26-16(19-11)20-14(22)9-25-17-21-15-12(24-17)4-3-7-18-15/h3-8H,2,9H2,1H3,(H,19,20,22). The number of thioether (sulfide) groups is 1. The largest absolute Gasteiger partial charge is 0.494 e. The highest BCUT2D eigenvalue weighted by atomic mass is 32.2. The molecule has 132 valence electrons. The Bertz CT molecular complexity index is 1040. The molecule has 0 atom stereocenters. The maximum atomic E-state index is 12.2. The van der Waals surface area contributed by atoms with Crippen molar-refractivity contribution in [2.45, 2.75) is 12.1 Å². The SMILES string of the molecule is CCOc1ccc2nc(NC(=O)CSc3nc4ncccc4o3)sc2c1. The number of amides is 1. The summed E-state index contributed by atoms with van der Waals surface area (Å²) >= 11 is 2.63. The molecule has 0 aliphatic heterocycles. The van der Waals surface area contributed by atoms with Crippen molar-refractivity contribution >= 4 is 55.6 Å². The molecule has 0 aliphatic carbocycles. The van der Waals surface area contributed by atoms with Crippen LogP contribution in [-0.4, -0.2) is 33.2 Å². The molecule has 0 bridgehead atoms. The fourth-order valence-corrected chi connectivity index (χ4v) is 3.85. The molecule has 0 radical (unpaired) electrons. The van der Waals surface area contributed by atoms with Crippen molar-refractivity contribution in [3.8, 4) is 5.75 Å². The van der Waals surface area contributed by atoms with Gasteiger partial charge in [-0.2, -0.15) is 4.98 Å². The predicted molar refractivity (Wildman–Crippen MR) is 102 cm³/mol. The van der Waals surface area contributed by atoms with E-state index in [4.69, 9.17) is 9.15 Å². The van der Waals surface area contributed by atoms with E-state index in [1.165, 1.54) is 23.1 Å². The summed E-state index contributed by atoms with van der Waals surface area (Å²) in [6.45, 7) is 2.55. The molecule has 1 aromatic carbocycles. The second-order valence-electron chi connectivity index (χ2n) is 5.22. The number of anilines is 1. The Morgan fingerprint density at radius 3 is 3.12 bits per heavy atom. The average molecular weight is 386 g/mol. The number of ether oxygens (including phenoxy) is 1. The third kappa shape index (κ3) is 3.63. The highest BCUT2D eigenvalue weighted by molar-refractivity contribution is 7.99. The number of hydrogen-bond donors (Lipinski definition) is 1. The van der Waals surface area contributed by atoms with Crippen LogP contribution in [-0.2, 0) is 4.79 Å². The Morgan fingerprint density at radius 1 is 1.35 bits per heavy atom. The Balaban J connectivity index is 1.40. The zero-order valence-electron chi connectivity index (χ0n) is 13.8. The molecule has 0 saturated carbocycles. The van der Waals surface area contributed by atoms with Gasteiger partial charge in [0.25, 0.3) is 5.22 Å². The van der Waals surface area contributed by atoms with E-state index in [1.807, 2.05) is 25.1 Å². The number of fused-ring (bicyclic) bond motifs is 2. The maximum absolute atomic E-state index is 12.2. The second kappa shape index (κ2) is 7.30. The van der Waals surface area contributed by atoms with Gasteiger partial charge in [-0.25, -0.2) is 9.97 Å². The number of thiazole rings is 1. The number of nitrogens with one attached hydrogen (secondary N) is 1. The monoisotopic (exact) mass is 386 g/mol. The van der Waals surface area contributed by atoms with Crippen LogP contribution in [0.25, 0.3) is 21.4 Å². The zero-order chi connectivity index (χ0) is 17.9. The third-order valence-electron chi connectivity index (χ3n) is 3.39.